The summed E-state index contributed by atoms with van der Waals surface area (Å²) in [5.74, 6) is 0.0973. The molecule has 5 heteroatoms. The average Bonchev–Trinajstić information content (AvgIpc) is 2.97. The van der Waals surface area contributed by atoms with Crippen molar-refractivity contribution in [2.45, 2.75) is 33.2 Å². The molecule has 1 aliphatic heterocycles. The summed E-state index contributed by atoms with van der Waals surface area (Å²) in [6.45, 7) is 8.30. The van der Waals surface area contributed by atoms with Gasteiger partial charge in [-0.2, -0.15) is 0 Å². The molecule has 2 atom stereocenters. The zero-order valence-corrected chi connectivity index (χ0v) is 13.5. The number of aryl methyl sites for hydroxylation is 2. The third kappa shape index (κ3) is 3.05. The monoisotopic (exact) mass is 296 g/mol. The van der Waals surface area contributed by atoms with Crippen LogP contribution < -0.4 is 10.6 Å². The summed E-state index contributed by atoms with van der Waals surface area (Å²) in [5.41, 5.74) is 0.807. The largest absolute Gasteiger partial charge is 0.384 e. The molecular weight excluding hydrogens is 272 g/mol. The summed E-state index contributed by atoms with van der Waals surface area (Å²) >= 11 is 1.78. The van der Waals surface area contributed by atoms with Gasteiger partial charge in [0, 0.05) is 23.4 Å². The Morgan fingerprint density at radius 3 is 2.85 bits per heavy atom. The first kappa shape index (κ1) is 15.5. The van der Waals surface area contributed by atoms with Crippen LogP contribution in [0, 0.1) is 19.3 Å². The topological polar surface area (TPSA) is 50.4 Å². The van der Waals surface area contributed by atoms with Gasteiger partial charge < -0.3 is 15.4 Å². The molecule has 1 aromatic heterocycles. The van der Waals surface area contributed by atoms with Crippen molar-refractivity contribution >= 4 is 17.2 Å². The Bertz CT molecular complexity index is 478. The number of thiophene rings is 1. The van der Waals surface area contributed by atoms with Gasteiger partial charge in [-0.05, 0) is 45.4 Å². The number of nitrogens with one attached hydrogen (secondary N) is 2. The fourth-order valence-corrected chi connectivity index (χ4v) is 3.93. The lowest BCUT2D eigenvalue weighted by Gasteiger charge is -2.28. The molecule has 0 spiro atoms. The maximum Gasteiger partial charge on any atom is 0.230 e. The van der Waals surface area contributed by atoms with Crippen LogP contribution in [0.1, 0.15) is 34.7 Å². The minimum Gasteiger partial charge on any atom is -0.384 e. The molecular formula is C15H24N2O2S. The third-order valence-corrected chi connectivity index (χ3v) is 5.02. The number of rotatable bonds is 5. The second kappa shape index (κ2) is 6.24. The van der Waals surface area contributed by atoms with E-state index in [9.17, 15) is 4.79 Å². The normalized spacial score (nSPS) is 23.8. The number of hydrogen-bond acceptors (Lipinski definition) is 4. The maximum absolute atomic E-state index is 12.6. The van der Waals surface area contributed by atoms with Gasteiger partial charge in [-0.15, -0.1) is 11.3 Å². The second-order valence-electron chi connectivity index (χ2n) is 5.70. The van der Waals surface area contributed by atoms with Crippen molar-refractivity contribution < 1.29 is 9.53 Å². The van der Waals surface area contributed by atoms with Crippen LogP contribution in [-0.2, 0) is 9.53 Å². The van der Waals surface area contributed by atoms with Gasteiger partial charge in [-0.25, -0.2) is 0 Å². The summed E-state index contributed by atoms with van der Waals surface area (Å²) in [6.07, 6.45) is 0.834. The number of hydrogen-bond donors (Lipinski definition) is 2. The predicted octanol–water partition coefficient (Wildman–Crippen LogP) is 2.17. The highest BCUT2D eigenvalue weighted by atomic mass is 32.1. The molecule has 2 unspecified atom stereocenters. The van der Waals surface area contributed by atoms with Crippen molar-refractivity contribution in [3.63, 3.8) is 0 Å². The lowest BCUT2D eigenvalue weighted by molar-refractivity contribution is -0.133. The van der Waals surface area contributed by atoms with Crippen LogP contribution in [0.3, 0.4) is 0 Å². The first-order valence-corrected chi connectivity index (χ1v) is 7.88. The molecule has 1 saturated heterocycles. The summed E-state index contributed by atoms with van der Waals surface area (Å²) < 4.78 is 5.27. The van der Waals surface area contributed by atoms with E-state index in [-0.39, 0.29) is 11.9 Å². The molecule has 112 valence electrons. The fraction of sp³-hybridized carbons (Fsp3) is 0.667. The van der Waals surface area contributed by atoms with Gasteiger partial charge in [-0.3, -0.25) is 4.79 Å². The number of carbonyl (C=O) groups excluding carboxylic acids is 1. The van der Waals surface area contributed by atoms with E-state index in [1.54, 1.807) is 18.4 Å². The Hall–Kier alpha value is -0.910. The molecule has 2 rings (SSSR count). The number of carbonyl (C=O) groups is 1. The Labute approximate surface area is 124 Å². The lowest BCUT2D eigenvalue weighted by Crippen LogP contribution is -2.46. The van der Waals surface area contributed by atoms with Crippen LogP contribution in [0.25, 0.3) is 0 Å². The third-order valence-electron chi connectivity index (χ3n) is 4.04. The first-order valence-electron chi connectivity index (χ1n) is 7.06. The summed E-state index contributed by atoms with van der Waals surface area (Å²) in [5, 5.41) is 6.43. The van der Waals surface area contributed by atoms with Crippen molar-refractivity contribution in [1.29, 1.82) is 0 Å². The van der Waals surface area contributed by atoms with Crippen molar-refractivity contribution in [2.24, 2.45) is 5.41 Å². The van der Waals surface area contributed by atoms with Gasteiger partial charge in [0.25, 0.3) is 0 Å². The van der Waals surface area contributed by atoms with Crippen LogP contribution in [0.15, 0.2) is 6.07 Å². The van der Waals surface area contributed by atoms with Gasteiger partial charge in [0.2, 0.25) is 5.91 Å². The van der Waals surface area contributed by atoms with Gasteiger partial charge in [0.1, 0.15) is 0 Å². The molecule has 0 bridgehead atoms. The van der Waals surface area contributed by atoms with Crippen LogP contribution in [0.2, 0.25) is 0 Å². The van der Waals surface area contributed by atoms with Crippen molar-refractivity contribution in [3.8, 4) is 0 Å². The minimum absolute atomic E-state index is 0.0433. The Morgan fingerprint density at radius 2 is 2.35 bits per heavy atom. The quantitative estimate of drug-likeness (QED) is 0.875. The van der Waals surface area contributed by atoms with E-state index in [2.05, 4.69) is 37.5 Å². The zero-order valence-electron chi connectivity index (χ0n) is 12.7. The Balaban J connectivity index is 2.08. The van der Waals surface area contributed by atoms with E-state index in [4.69, 9.17) is 4.74 Å². The average molecular weight is 296 g/mol. The second-order valence-corrected chi connectivity index (χ2v) is 7.16. The molecule has 2 heterocycles. The molecule has 4 nitrogen and oxygen atoms in total. The molecule has 0 saturated carbocycles. The summed E-state index contributed by atoms with van der Waals surface area (Å²) in [7, 11) is 1.66. The number of amides is 1. The highest BCUT2D eigenvalue weighted by Crippen LogP contribution is 2.30. The number of ether oxygens (including phenoxy) is 1. The molecule has 1 aromatic rings. The van der Waals surface area contributed by atoms with Crippen molar-refractivity contribution in [3.05, 3.63) is 21.4 Å². The highest BCUT2D eigenvalue weighted by Gasteiger charge is 2.41. The summed E-state index contributed by atoms with van der Waals surface area (Å²) in [4.78, 5) is 15.2. The first-order chi connectivity index (χ1) is 9.48. The zero-order chi connectivity index (χ0) is 14.8. The van der Waals surface area contributed by atoms with Gasteiger partial charge in [0.05, 0.1) is 18.1 Å². The van der Waals surface area contributed by atoms with Crippen LogP contribution >= 0.6 is 11.3 Å². The molecule has 1 amide bonds. The van der Waals surface area contributed by atoms with E-state index in [1.807, 2.05) is 0 Å². The lowest BCUT2D eigenvalue weighted by atomic mass is 9.86. The molecule has 0 aromatic carbocycles. The molecule has 2 N–H and O–H groups in total. The van der Waals surface area contributed by atoms with Crippen molar-refractivity contribution in [2.75, 3.05) is 26.8 Å². The predicted molar refractivity (Wildman–Crippen MR) is 82.1 cm³/mol. The Morgan fingerprint density at radius 1 is 1.60 bits per heavy atom. The Kier molecular flexibility index (Phi) is 4.83. The van der Waals surface area contributed by atoms with E-state index in [0.29, 0.717) is 13.2 Å². The van der Waals surface area contributed by atoms with E-state index in [0.717, 1.165) is 13.0 Å². The minimum atomic E-state index is -0.415. The van der Waals surface area contributed by atoms with E-state index in [1.165, 1.54) is 15.3 Å². The fourth-order valence-electron chi connectivity index (χ4n) is 2.91. The van der Waals surface area contributed by atoms with Crippen LogP contribution in [0.5, 0.6) is 0 Å². The van der Waals surface area contributed by atoms with Crippen LogP contribution in [-0.4, -0.2) is 32.7 Å². The SMILES string of the molecule is COCC1(C(=O)NC(C)c2cc(C)sc2C)CCNC1. The standard InChI is InChI=1S/C15H24N2O2S/c1-10-7-13(12(3)20-10)11(2)17-14(18)15(9-19-4)5-6-16-8-15/h7,11,16H,5-6,8-9H2,1-4H3,(H,17,18). The molecule has 20 heavy (non-hydrogen) atoms. The van der Waals surface area contributed by atoms with E-state index >= 15 is 0 Å². The van der Waals surface area contributed by atoms with Crippen LogP contribution in [0.4, 0.5) is 0 Å². The van der Waals surface area contributed by atoms with E-state index < -0.39 is 5.41 Å². The number of methoxy groups -OCH3 is 1. The van der Waals surface area contributed by atoms with Gasteiger partial charge in [0.15, 0.2) is 0 Å². The van der Waals surface area contributed by atoms with Crippen molar-refractivity contribution in [1.82, 2.24) is 10.6 Å². The van der Waals surface area contributed by atoms with Gasteiger partial charge >= 0.3 is 0 Å². The van der Waals surface area contributed by atoms with Gasteiger partial charge in [-0.1, -0.05) is 0 Å². The maximum atomic E-state index is 12.6. The molecule has 1 aliphatic rings. The molecule has 1 fully saturated rings. The highest BCUT2D eigenvalue weighted by molar-refractivity contribution is 7.12. The molecule has 0 radical (unpaired) electrons. The molecule has 0 aliphatic carbocycles. The smallest absolute Gasteiger partial charge is 0.230 e. The summed E-state index contributed by atoms with van der Waals surface area (Å²) in [6, 6.07) is 2.21.